The van der Waals surface area contributed by atoms with Crippen LogP contribution in [0.2, 0.25) is 0 Å². The highest BCUT2D eigenvalue weighted by molar-refractivity contribution is 5.26. The SMILES string of the molecule is Cc1ccc(OCC(C)NCCCF)cc1. The predicted molar refractivity (Wildman–Crippen MR) is 64.7 cm³/mol. The van der Waals surface area contributed by atoms with Gasteiger partial charge >= 0.3 is 0 Å². The molecule has 0 aromatic heterocycles. The van der Waals surface area contributed by atoms with E-state index in [0.29, 0.717) is 19.6 Å². The maximum absolute atomic E-state index is 11.9. The maximum Gasteiger partial charge on any atom is 0.119 e. The number of rotatable bonds is 7. The zero-order valence-corrected chi connectivity index (χ0v) is 10.0. The van der Waals surface area contributed by atoms with Gasteiger partial charge < -0.3 is 10.1 Å². The molecule has 0 amide bonds. The normalized spacial score (nSPS) is 12.4. The molecule has 0 bridgehead atoms. The summed E-state index contributed by atoms with van der Waals surface area (Å²) >= 11 is 0. The van der Waals surface area contributed by atoms with Crippen LogP contribution in [-0.2, 0) is 0 Å². The van der Waals surface area contributed by atoms with Crippen molar-refractivity contribution in [2.24, 2.45) is 0 Å². The molecular formula is C13H20FNO. The van der Waals surface area contributed by atoms with E-state index in [1.165, 1.54) is 5.56 Å². The van der Waals surface area contributed by atoms with Gasteiger partial charge in [-0.1, -0.05) is 17.7 Å². The summed E-state index contributed by atoms with van der Waals surface area (Å²) in [5.74, 6) is 0.879. The minimum Gasteiger partial charge on any atom is -0.492 e. The Hall–Kier alpha value is -1.09. The first-order chi connectivity index (χ1) is 7.72. The van der Waals surface area contributed by atoms with Crippen LogP contribution in [0.15, 0.2) is 24.3 Å². The van der Waals surface area contributed by atoms with E-state index < -0.39 is 0 Å². The van der Waals surface area contributed by atoms with E-state index in [9.17, 15) is 4.39 Å². The number of nitrogens with one attached hydrogen (secondary N) is 1. The Kier molecular flexibility index (Phi) is 5.86. The molecule has 2 nitrogen and oxygen atoms in total. The van der Waals surface area contributed by atoms with Gasteiger partial charge in [-0.3, -0.25) is 4.39 Å². The van der Waals surface area contributed by atoms with Crippen molar-refractivity contribution < 1.29 is 9.13 Å². The molecule has 3 heteroatoms. The molecule has 0 spiro atoms. The Balaban J connectivity index is 2.20. The van der Waals surface area contributed by atoms with Crippen molar-refractivity contribution in [3.05, 3.63) is 29.8 Å². The predicted octanol–water partition coefficient (Wildman–Crippen LogP) is 2.71. The summed E-state index contributed by atoms with van der Waals surface area (Å²) in [5, 5.41) is 3.20. The summed E-state index contributed by atoms with van der Waals surface area (Å²) in [5.41, 5.74) is 1.22. The Bertz CT molecular complexity index is 286. The van der Waals surface area contributed by atoms with Gasteiger partial charge in [-0.05, 0) is 38.9 Å². The van der Waals surface area contributed by atoms with Crippen molar-refractivity contribution >= 4 is 0 Å². The van der Waals surface area contributed by atoms with Gasteiger partial charge in [0.15, 0.2) is 0 Å². The van der Waals surface area contributed by atoms with Gasteiger partial charge in [-0.25, -0.2) is 0 Å². The highest BCUT2D eigenvalue weighted by Crippen LogP contribution is 2.11. The molecule has 0 radical (unpaired) electrons. The number of ether oxygens (including phenoxy) is 1. The van der Waals surface area contributed by atoms with Crippen molar-refractivity contribution in [3.63, 3.8) is 0 Å². The second-order valence-corrected chi connectivity index (χ2v) is 4.02. The summed E-state index contributed by atoms with van der Waals surface area (Å²) in [7, 11) is 0. The summed E-state index contributed by atoms with van der Waals surface area (Å²) in [4.78, 5) is 0. The van der Waals surface area contributed by atoms with Gasteiger partial charge in [0.05, 0.1) is 6.67 Å². The van der Waals surface area contributed by atoms with E-state index in [-0.39, 0.29) is 12.7 Å². The van der Waals surface area contributed by atoms with Crippen LogP contribution in [0.3, 0.4) is 0 Å². The van der Waals surface area contributed by atoms with E-state index >= 15 is 0 Å². The van der Waals surface area contributed by atoms with Crippen LogP contribution < -0.4 is 10.1 Å². The maximum atomic E-state index is 11.9. The number of benzene rings is 1. The number of halogens is 1. The van der Waals surface area contributed by atoms with E-state index in [0.717, 1.165) is 5.75 Å². The van der Waals surface area contributed by atoms with Gasteiger partial charge in [0.25, 0.3) is 0 Å². The molecule has 90 valence electrons. The second-order valence-electron chi connectivity index (χ2n) is 4.02. The van der Waals surface area contributed by atoms with Crippen molar-refractivity contribution in [3.8, 4) is 5.75 Å². The van der Waals surface area contributed by atoms with Gasteiger partial charge in [0.1, 0.15) is 12.4 Å². The number of hydrogen-bond donors (Lipinski definition) is 1. The molecule has 1 aromatic rings. The van der Waals surface area contributed by atoms with Crippen LogP contribution >= 0.6 is 0 Å². The molecule has 0 saturated carbocycles. The lowest BCUT2D eigenvalue weighted by molar-refractivity contribution is 0.271. The Labute approximate surface area is 96.8 Å². The molecule has 1 rings (SSSR count). The molecule has 1 aromatic carbocycles. The fourth-order valence-electron chi connectivity index (χ4n) is 1.33. The van der Waals surface area contributed by atoms with Gasteiger partial charge in [0.2, 0.25) is 0 Å². The average Bonchev–Trinajstić information content (AvgIpc) is 2.29. The Morgan fingerprint density at radius 3 is 2.62 bits per heavy atom. The first kappa shape index (κ1) is 13.0. The third-order valence-electron chi connectivity index (χ3n) is 2.32. The fraction of sp³-hybridized carbons (Fsp3) is 0.538. The van der Waals surface area contributed by atoms with Crippen LogP contribution in [0.4, 0.5) is 4.39 Å². The number of aryl methyl sites for hydroxylation is 1. The van der Waals surface area contributed by atoms with Gasteiger partial charge in [-0.15, -0.1) is 0 Å². The molecule has 0 aliphatic rings. The van der Waals surface area contributed by atoms with Crippen LogP contribution in [0.5, 0.6) is 5.75 Å². The van der Waals surface area contributed by atoms with E-state index in [4.69, 9.17) is 4.74 Å². The zero-order valence-electron chi connectivity index (χ0n) is 10.0. The lowest BCUT2D eigenvalue weighted by atomic mass is 10.2. The standard InChI is InChI=1S/C13H20FNO/c1-11-4-6-13(7-5-11)16-10-12(2)15-9-3-8-14/h4-7,12,15H,3,8-10H2,1-2H3. The summed E-state index contributed by atoms with van der Waals surface area (Å²) in [6.07, 6.45) is 0.564. The van der Waals surface area contributed by atoms with Crippen LogP contribution in [0, 0.1) is 6.92 Å². The van der Waals surface area contributed by atoms with Crippen LogP contribution in [0.1, 0.15) is 18.9 Å². The molecule has 0 aliphatic heterocycles. The molecule has 1 atom stereocenters. The van der Waals surface area contributed by atoms with Gasteiger partial charge in [0, 0.05) is 6.04 Å². The lowest BCUT2D eigenvalue weighted by Crippen LogP contribution is -2.32. The molecular weight excluding hydrogens is 205 g/mol. The number of hydrogen-bond acceptors (Lipinski definition) is 2. The highest BCUT2D eigenvalue weighted by atomic mass is 19.1. The largest absolute Gasteiger partial charge is 0.492 e. The topological polar surface area (TPSA) is 21.3 Å². The highest BCUT2D eigenvalue weighted by Gasteiger charge is 2.01. The van der Waals surface area contributed by atoms with E-state index in [2.05, 4.69) is 5.32 Å². The van der Waals surface area contributed by atoms with Gasteiger partial charge in [-0.2, -0.15) is 0 Å². The molecule has 1 N–H and O–H groups in total. The molecule has 1 unspecified atom stereocenters. The smallest absolute Gasteiger partial charge is 0.119 e. The fourth-order valence-corrected chi connectivity index (χ4v) is 1.33. The van der Waals surface area contributed by atoms with Crippen molar-refractivity contribution in [1.29, 1.82) is 0 Å². The summed E-state index contributed by atoms with van der Waals surface area (Å²) in [6, 6.07) is 8.22. The van der Waals surface area contributed by atoms with Crippen molar-refractivity contribution in [2.45, 2.75) is 26.3 Å². The molecule has 0 fully saturated rings. The second kappa shape index (κ2) is 7.23. The number of alkyl halides is 1. The quantitative estimate of drug-likeness (QED) is 0.720. The molecule has 0 aliphatic carbocycles. The minimum atomic E-state index is -0.265. The first-order valence-electron chi connectivity index (χ1n) is 5.71. The monoisotopic (exact) mass is 225 g/mol. The third-order valence-corrected chi connectivity index (χ3v) is 2.32. The molecule has 16 heavy (non-hydrogen) atoms. The first-order valence-corrected chi connectivity index (χ1v) is 5.71. The Morgan fingerprint density at radius 2 is 2.00 bits per heavy atom. The van der Waals surface area contributed by atoms with Crippen molar-refractivity contribution in [1.82, 2.24) is 5.32 Å². The minimum absolute atomic E-state index is 0.243. The van der Waals surface area contributed by atoms with E-state index in [1.54, 1.807) is 0 Å². The summed E-state index contributed by atoms with van der Waals surface area (Å²) < 4.78 is 17.5. The molecule has 0 saturated heterocycles. The zero-order chi connectivity index (χ0) is 11.8. The van der Waals surface area contributed by atoms with Crippen molar-refractivity contribution in [2.75, 3.05) is 19.8 Å². The Morgan fingerprint density at radius 1 is 1.31 bits per heavy atom. The van der Waals surface area contributed by atoms with E-state index in [1.807, 2.05) is 38.1 Å². The molecule has 0 heterocycles. The average molecular weight is 225 g/mol. The lowest BCUT2D eigenvalue weighted by Gasteiger charge is -2.14. The van der Waals surface area contributed by atoms with Crippen LogP contribution in [0.25, 0.3) is 0 Å². The van der Waals surface area contributed by atoms with Crippen LogP contribution in [-0.4, -0.2) is 25.9 Å². The summed E-state index contributed by atoms with van der Waals surface area (Å²) in [6.45, 7) is 5.13. The third kappa shape index (κ3) is 5.12.